The lowest BCUT2D eigenvalue weighted by atomic mass is 9.67. The third-order valence-corrected chi connectivity index (χ3v) is 3.90. The molecule has 2 rings (SSSR count). The second-order valence-electron chi connectivity index (χ2n) is 6.48. The molecular formula is C16H21NO2. The molecule has 1 fully saturated rings. The van der Waals surface area contributed by atoms with Crippen molar-refractivity contribution in [3.05, 3.63) is 35.4 Å². The van der Waals surface area contributed by atoms with Crippen LogP contribution in [-0.4, -0.2) is 11.8 Å². The van der Waals surface area contributed by atoms with Gasteiger partial charge in [-0.2, -0.15) is 0 Å². The van der Waals surface area contributed by atoms with Crippen molar-refractivity contribution in [1.29, 1.82) is 0 Å². The summed E-state index contributed by atoms with van der Waals surface area (Å²) in [6, 6.07) is 8.01. The Kier molecular flexibility index (Phi) is 3.48. The summed E-state index contributed by atoms with van der Waals surface area (Å²) in [5, 5.41) is 2.47. The quantitative estimate of drug-likeness (QED) is 0.788. The van der Waals surface area contributed by atoms with Crippen molar-refractivity contribution in [3.8, 4) is 0 Å². The SMILES string of the molecule is Cc1ccc(C2C(=O)NC(=O)CC2C(C)(C)C)cc1. The number of rotatable bonds is 1. The number of aryl methyl sites for hydroxylation is 1. The molecule has 19 heavy (non-hydrogen) atoms. The first kappa shape index (κ1) is 13.8. The first-order valence-corrected chi connectivity index (χ1v) is 6.69. The Morgan fingerprint density at radius 2 is 1.68 bits per heavy atom. The largest absolute Gasteiger partial charge is 0.296 e. The highest BCUT2D eigenvalue weighted by Crippen LogP contribution is 2.42. The van der Waals surface area contributed by atoms with Gasteiger partial charge >= 0.3 is 0 Å². The molecule has 0 radical (unpaired) electrons. The third kappa shape index (κ3) is 2.86. The summed E-state index contributed by atoms with van der Waals surface area (Å²) in [6.07, 6.45) is 0.410. The summed E-state index contributed by atoms with van der Waals surface area (Å²) in [7, 11) is 0. The molecule has 2 amide bonds. The Bertz CT molecular complexity index is 496. The van der Waals surface area contributed by atoms with E-state index in [-0.39, 0.29) is 29.1 Å². The van der Waals surface area contributed by atoms with Gasteiger partial charge in [-0.25, -0.2) is 0 Å². The first-order valence-electron chi connectivity index (χ1n) is 6.69. The highest BCUT2D eigenvalue weighted by Gasteiger charge is 2.42. The Hall–Kier alpha value is -1.64. The molecular weight excluding hydrogens is 238 g/mol. The summed E-state index contributed by atoms with van der Waals surface area (Å²) in [4.78, 5) is 23.8. The van der Waals surface area contributed by atoms with Crippen molar-refractivity contribution >= 4 is 11.8 Å². The smallest absolute Gasteiger partial charge is 0.234 e. The Labute approximate surface area is 114 Å². The lowest BCUT2D eigenvalue weighted by molar-refractivity contribution is -0.138. The molecule has 0 aromatic heterocycles. The molecule has 2 unspecified atom stereocenters. The van der Waals surface area contributed by atoms with Crippen molar-refractivity contribution in [2.24, 2.45) is 11.3 Å². The summed E-state index contributed by atoms with van der Waals surface area (Å²) < 4.78 is 0. The maximum atomic E-state index is 12.2. The van der Waals surface area contributed by atoms with Gasteiger partial charge in [0.15, 0.2) is 0 Å². The van der Waals surface area contributed by atoms with Crippen LogP contribution in [0.4, 0.5) is 0 Å². The molecule has 1 heterocycles. The molecule has 0 saturated carbocycles. The van der Waals surface area contributed by atoms with Gasteiger partial charge in [-0.1, -0.05) is 50.6 Å². The molecule has 1 aliphatic rings. The molecule has 2 atom stereocenters. The van der Waals surface area contributed by atoms with E-state index in [2.05, 4.69) is 26.1 Å². The summed E-state index contributed by atoms with van der Waals surface area (Å²) in [5.41, 5.74) is 2.09. The average Bonchev–Trinajstić information content (AvgIpc) is 2.28. The van der Waals surface area contributed by atoms with Crippen LogP contribution in [0.2, 0.25) is 0 Å². The topological polar surface area (TPSA) is 46.2 Å². The number of carbonyl (C=O) groups is 2. The van der Waals surface area contributed by atoms with E-state index in [4.69, 9.17) is 0 Å². The summed E-state index contributed by atoms with van der Waals surface area (Å²) >= 11 is 0. The van der Waals surface area contributed by atoms with Gasteiger partial charge in [0.25, 0.3) is 0 Å². The second-order valence-corrected chi connectivity index (χ2v) is 6.48. The maximum Gasteiger partial charge on any atom is 0.234 e. The van der Waals surface area contributed by atoms with Crippen molar-refractivity contribution in [2.75, 3.05) is 0 Å². The summed E-state index contributed by atoms with van der Waals surface area (Å²) in [6.45, 7) is 8.29. The molecule has 0 aliphatic carbocycles. The maximum absolute atomic E-state index is 12.2. The molecule has 1 aliphatic heterocycles. The standard InChI is InChI=1S/C16H21NO2/c1-10-5-7-11(8-6-10)14-12(16(2,3)4)9-13(18)17-15(14)19/h5-8,12,14H,9H2,1-4H3,(H,17,18,19). The molecule has 102 valence electrons. The number of hydrogen-bond donors (Lipinski definition) is 1. The molecule has 1 N–H and O–H groups in total. The van der Waals surface area contributed by atoms with E-state index < -0.39 is 0 Å². The van der Waals surface area contributed by atoms with Crippen LogP contribution in [0.25, 0.3) is 0 Å². The highest BCUT2D eigenvalue weighted by atomic mass is 16.2. The lowest BCUT2D eigenvalue weighted by Crippen LogP contribution is -2.48. The fourth-order valence-electron chi connectivity index (χ4n) is 2.73. The van der Waals surface area contributed by atoms with E-state index in [0.29, 0.717) is 6.42 Å². The predicted molar refractivity (Wildman–Crippen MR) is 74.6 cm³/mol. The minimum atomic E-state index is -0.238. The molecule has 0 bridgehead atoms. The van der Waals surface area contributed by atoms with E-state index in [1.807, 2.05) is 31.2 Å². The lowest BCUT2D eigenvalue weighted by Gasteiger charge is -2.39. The molecule has 1 aromatic rings. The van der Waals surface area contributed by atoms with E-state index >= 15 is 0 Å². The van der Waals surface area contributed by atoms with E-state index in [1.54, 1.807) is 0 Å². The third-order valence-electron chi connectivity index (χ3n) is 3.90. The van der Waals surface area contributed by atoms with Crippen LogP contribution in [0.15, 0.2) is 24.3 Å². The van der Waals surface area contributed by atoms with Crippen molar-refractivity contribution in [3.63, 3.8) is 0 Å². The Balaban J connectivity index is 2.41. The van der Waals surface area contributed by atoms with Gasteiger partial charge in [0, 0.05) is 6.42 Å². The second kappa shape index (κ2) is 4.80. The predicted octanol–water partition coefficient (Wildman–Crippen LogP) is 2.79. The minimum Gasteiger partial charge on any atom is -0.296 e. The van der Waals surface area contributed by atoms with Gasteiger partial charge in [-0.15, -0.1) is 0 Å². The average molecular weight is 259 g/mol. The fourth-order valence-corrected chi connectivity index (χ4v) is 2.73. The van der Waals surface area contributed by atoms with Crippen LogP contribution in [0, 0.1) is 18.3 Å². The van der Waals surface area contributed by atoms with E-state index in [1.165, 1.54) is 5.56 Å². The van der Waals surface area contributed by atoms with E-state index in [0.717, 1.165) is 5.56 Å². The fraction of sp³-hybridized carbons (Fsp3) is 0.500. The molecule has 3 heteroatoms. The Morgan fingerprint density at radius 3 is 2.21 bits per heavy atom. The van der Waals surface area contributed by atoms with Crippen molar-refractivity contribution in [1.82, 2.24) is 5.32 Å². The molecule has 0 spiro atoms. The van der Waals surface area contributed by atoms with Gasteiger partial charge < -0.3 is 0 Å². The normalized spacial score (nSPS) is 24.2. The summed E-state index contributed by atoms with van der Waals surface area (Å²) in [5.74, 6) is -0.525. The van der Waals surface area contributed by atoms with Crippen LogP contribution in [-0.2, 0) is 9.59 Å². The van der Waals surface area contributed by atoms with Gasteiger partial charge in [0.1, 0.15) is 0 Å². The van der Waals surface area contributed by atoms with Crippen LogP contribution >= 0.6 is 0 Å². The zero-order valence-corrected chi connectivity index (χ0v) is 12.0. The monoisotopic (exact) mass is 259 g/mol. The molecule has 1 aromatic carbocycles. The zero-order valence-electron chi connectivity index (χ0n) is 12.0. The van der Waals surface area contributed by atoms with Crippen LogP contribution in [0.3, 0.4) is 0 Å². The van der Waals surface area contributed by atoms with Crippen LogP contribution < -0.4 is 5.32 Å². The number of amides is 2. The highest BCUT2D eigenvalue weighted by molar-refractivity contribution is 6.01. The minimum absolute atomic E-state index is 0.0384. The molecule has 3 nitrogen and oxygen atoms in total. The van der Waals surface area contributed by atoms with Gasteiger partial charge in [0.05, 0.1) is 5.92 Å². The van der Waals surface area contributed by atoms with Crippen molar-refractivity contribution < 1.29 is 9.59 Å². The van der Waals surface area contributed by atoms with Gasteiger partial charge in [0.2, 0.25) is 11.8 Å². The number of hydrogen-bond acceptors (Lipinski definition) is 2. The first-order chi connectivity index (χ1) is 8.79. The van der Waals surface area contributed by atoms with Crippen molar-refractivity contribution in [2.45, 2.75) is 40.0 Å². The van der Waals surface area contributed by atoms with Gasteiger partial charge in [-0.05, 0) is 23.8 Å². The Morgan fingerprint density at radius 1 is 1.11 bits per heavy atom. The number of imide groups is 1. The van der Waals surface area contributed by atoms with E-state index in [9.17, 15) is 9.59 Å². The number of nitrogens with one attached hydrogen (secondary N) is 1. The zero-order chi connectivity index (χ0) is 14.2. The number of piperidine rings is 1. The number of carbonyl (C=O) groups excluding carboxylic acids is 2. The number of benzene rings is 1. The van der Waals surface area contributed by atoms with Crippen LogP contribution in [0.1, 0.15) is 44.2 Å². The molecule has 1 saturated heterocycles. The van der Waals surface area contributed by atoms with Gasteiger partial charge in [-0.3, -0.25) is 14.9 Å². The van der Waals surface area contributed by atoms with Crippen LogP contribution in [0.5, 0.6) is 0 Å².